The highest BCUT2D eigenvalue weighted by Crippen LogP contribution is 2.60. The summed E-state index contributed by atoms with van der Waals surface area (Å²) in [5, 5.41) is 5.30. The SMILES string of the molecule is O=C(NC[C@H](c1cccs1)N1CCOCC1)N1CCN(C(=O)C23CC4CC(CC(C4)C2)C3)CC1. The number of morpholine rings is 1. The van der Waals surface area contributed by atoms with Gasteiger partial charge in [-0.25, -0.2) is 4.79 Å². The Morgan fingerprint density at radius 2 is 1.59 bits per heavy atom. The summed E-state index contributed by atoms with van der Waals surface area (Å²) in [6, 6.07) is 4.42. The fourth-order valence-electron chi connectivity index (χ4n) is 7.90. The number of nitrogens with zero attached hydrogens (tertiary/aromatic N) is 3. The number of carbonyl (C=O) groups is 2. The van der Waals surface area contributed by atoms with Crippen LogP contribution in [0.15, 0.2) is 17.5 Å². The molecule has 7 nitrogen and oxygen atoms in total. The van der Waals surface area contributed by atoms with Gasteiger partial charge in [-0.05, 0) is 67.7 Å². The second-order valence-electron chi connectivity index (χ2n) is 11.3. The molecule has 1 atom stereocenters. The van der Waals surface area contributed by atoms with Gasteiger partial charge in [0.15, 0.2) is 0 Å². The van der Waals surface area contributed by atoms with Crippen LogP contribution in [0, 0.1) is 23.2 Å². The molecule has 1 aromatic heterocycles. The Labute approximate surface area is 206 Å². The molecule has 1 aromatic rings. The van der Waals surface area contributed by atoms with E-state index in [1.807, 2.05) is 4.90 Å². The lowest BCUT2D eigenvalue weighted by Crippen LogP contribution is -2.59. The normalized spacial score (nSPS) is 34.3. The monoisotopic (exact) mass is 486 g/mol. The van der Waals surface area contributed by atoms with Gasteiger partial charge in [-0.1, -0.05) is 6.07 Å². The van der Waals surface area contributed by atoms with Crippen molar-refractivity contribution in [1.82, 2.24) is 20.0 Å². The van der Waals surface area contributed by atoms with Gasteiger partial charge in [0.2, 0.25) is 5.91 Å². The van der Waals surface area contributed by atoms with Crippen LogP contribution >= 0.6 is 11.3 Å². The topological polar surface area (TPSA) is 65.1 Å². The number of amides is 3. The number of ether oxygens (including phenoxy) is 1. The van der Waals surface area contributed by atoms with E-state index in [0.29, 0.717) is 38.6 Å². The lowest BCUT2D eigenvalue weighted by atomic mass is 9.49. The zero-order valence-electron chi connectivity index (χ0n) is 20.1. The van der Waals surface area contributed by atoms with Gasteiger partial charge in [0, 0.05) is 50.7 Å². The summed E-state index contributed by atoms with van der Waals surface area (Å²) in [6.07, 6.45) is 7.42. The molecule has 8 heteroatoms. The Morgan fingerprint density at radius 1 is 0.971 bits per heavy atom. The van der Waals surface area contributed by atoms with Crippen LogP contribution in [0.3, 0.4) is 0 Å². The maximum Gasteiger partial charge on any atom is 0.317 e. The third kappa shape index (κ3) is 4.37. The van der Waals surface area contributed by atoms with Gasteiger partial charge < -0.3 is 19.9 Å². The Bertz CT molecular complexity index is 841. The van der Waals surface area contributed by atoms with Crippen molar-refractivity contribution in [2.24, 2.45) is 23.2 Å². The van der Waals surface area contributed by atoms with Gasteiger partial charge >= 0.3 is 6.03 Å². The number of rotatable bonds is 5. The summed E-state index contributed by atoms with van der Waals surface area (Å²) in [5.74, 6) is 2.75. The quantitative estimate of drug-likeness (QED) is 0.694. The molecule has 1 N–H and O–H groups in total. The Kier molecular flexibility index (Phi) is 6.32. The van der Waals surface area contributed by atoms with Crippen molar-refractivity contribution in [3.63, 3.8) is 0 Å². The molecule has 0 spiro atoms. The fourth-order valence-corrected chi connectivity index (χ4v) is 8.76. The van der Waals surface area contributed by atoms with E-state index in [1.54, 1.807) is 11.3 Å². The van der Waals surface area contributed by atoms with E-state index in [1.165, 1.54) is 24.1 Å². The van der Waals surface area contributed by atoms with Gasteiger partial charge in [-0.15, -0.1) is 11.3 Å². The summed E-state index contributed by atoms with van der Waals surface area (Å²) in [6.45, 7) is 6.48. The molecule has 4 aliphatic carbocycles. The number of hydrogen-bond donors (Lipinski definition) is 1. The lowest BCUT2D eigenvalue weighted by molar-refractivity contribution is -0.159. The summed E-state index contributed by atoms with van der Waals surface area (Å²) in [7, 11) is 0. The van der Waals surface area contributed by atoms with E-state index in [4.69, 9.17) is 4.74 Å². The molecular weight excluding hydrogens is 448 g/mol. The average Bonchev–Trinajstić information content (AvgIpc) is 3.38. The van der Waals surface area contributed by atoms with Crippen LogP contribution in [-0.2, 0) is 9.53 Å². The maximum absolute atomic E-state index is 13.6. The molecule has 3 heterocycles. The van der Waals surface area contributed by atoms with Crippen LogP contribution in [-0.4, -0.2) is 85.7 Å². The van der Waals surface area contributed by atoms with E-state index < -0.39 is 0 Å². The highest BCUT2D eigenvalue weighted by molar-refractivity contribution is 7.10. The number of urea groups is 1. The number of nitrogens with one attached hydrogen (secondary N) is 1. The Morgan fingerprint density at radius 3 is 2.18 bits per heavy atom. The van der Waals surface area contributed by atoms with E-state index in [2.05, 4.69) is 32.6 Å². The molecule has 4 bridgehead atoms. The van der Waals surface area contributed by atoms with Crippen LogP contribution in [0.2, 0.25) is 0 Å². The van der Waals surface area contributed by atoms with Gasteiger partial charge in [0.1, 0.15) is 0 Å². The van der Waals surface area contributed by atoms with Crippen LogP contribution in [0.4, 0.5) is 4.79 Å². The van der Waals surface area contributed by atoms with E-state index >= 15 is 0 Å². The van der Waals surface area contributed by atoms with Crippen molar-refractivity contribution < 1.29 is 14.3 Å². The van der Waals surface area contributed by atoms with Crippen LogP contribution in [0.1, 0.15) is 49.4 Å². The van der Waals surface area contributed by atoms with Crippen molar-refractivity contribution in [2.45, 2.75) is 44.6 Å². The number of carbonyl (C=O) groups excluding carboxylic acids is 2. The highest BCUT2D eigenvalue weighted by Gasteiger charge is 2.55. The third-order valence-electron chi connectivity index (χ3n) is 9.15. The standard InChI is InChI=1S/C26H38N4O3S/c31-24(26-15-19-12-20(16-26)14-21(13-19)17-26)29-3-5-30(6-4-29)25(32)27-18-22(23-2-1-11-34-23)28-7-9-33-10-8-28/h1-2,11,19-22H,3-10,12-18H2,(H,27,32)/t19?,20?,21?,22-,26?/m1/s1. The molecule has 0 radical (unpaired) electrons. The van der Waals surface area contributed by atoms with Gasteiger partial charge in [0.25, 0.3) is 0 Å². The Balaban J connectivity index is 1.02. The minimum Gasteiger partial charge on any atom is -0.379 e. The lowest BCUT2D eigenvalue weighted by Gasteiger charge is -2.57. The van der Waals surface area contributed by atoms with Crippen LogP contribution in [0.5, 0.6) is 0 Å². The summed E-state index contributed by atoms with van der Waals surface area (Å²) < 4.78 is 5.53. The molecule has 6 aliphatic rings. The fraction of sp³-hybridized carbons (Fsp3) is 0.769. The van der Waals surface area contributed by atoms with E-state index in [0.717, 1.165) is 63.3 Å². The first-order chi connectivity index (χ1) is 16.6. The zero-order chi connectivity index (χ0) is 23.1. The zero-order valence-corrected chi connectivity index (χ0v) is 20.9. The predicted octanol–water partition coefficient (Wildman–Crippen LogP) is 3.19. The molecule has 4 saturated carbocycles. The van der Waals surface area contributed by atoms with Crippen LogP contribution in [0.25, 0.3) is 0 Å². The van der Waals surface area contributed by atoms with E-state index in [9.17, 15) is 9.59 Å². The van der Waals surface area contributed by atoms with Crippen molar-refractivity contribution >= 4 is 23.3 Å². The molecule has 34 heavy (non-hydrogen) atoms. The summed E-state index contributed by atoms with van der Waals surface area (Å²) in [5.41, 5.74) is -0.0781. The van der Waals surface area contributed by atoms with Crippen molar-refractivity contribution in [1.29, 1.82) is 0 Å². The Hall–Kier alpha value is -1.64. The van der Waals surface area contributed by atoms with Crippen molar-refractivity contribution in [2.75, 3.05) is 59.0 Å². The maximum atomic E-state index is 13.6. The molecule has 7 rings (SSSR count). The molecule has 2 aliphatic heterocycles. The number of piperazine rings is 1. The molecule has 0 aromatic carbocycles. The van der Waals surface area contributed by atoms with Gasteiger partial charge in [0.05, 0.1) is 24.7 Å². The van der Waals surface area contributed by atoms with Crippen LogP contribution < -0.4 is 5.32 Å². The molecule has 186 valence electrons. The minimum atomic E-state index is -0.0781. The largest absolute Gasteiger partial charge is 0.379 e. The molecule has 2 saturated heterocycles. The van der Waals surface area contributed by atoms with Gasteiger partial charge in [-0.2, -0.15) is 0 Å². The highest BCUT2D eigenvalue weighted by atomic mass is 32.1. The average molecular weight is 487 g/mol. The summed E-state index contributed by atoms with van der Waals surface area (Å²) in [4.78, 5) is 34.3. The first kappa shape index (κ1) is 22.8. The second kappa shape index (κ2) is 9.43. The van der Waals surface area contributed by atoms with E-state index in [-0.39, 0.29) is 17.5 Å². The third-order valence-corrected chi connectivity index (χ3v) is 10.1. The summed E-state index contributed by atoms with van der Waals surface area (Å²) >= 11 is 1.75. The molecule has 6 fully saturated rings. The first-order valence-corrected chi connectivity index (χ1v) is 14.1. The number of hydrogen-bond acceptors (Lipinski definition) is 5. The second-order valence-corrected chi connectivity index (χ2v) is 12.3. The molecule has 0 unspecified atom stereocenters. The van der Waals surface area contributed by atoms with Gasteiger partial charge in [-0.3, -0.25) is 9.69 Å². The minimum absolute atomic E-state index is 0.00304. The van der Waals surface area contributed by atoms with Crippen molar-refractivity contribution in [3.8, 4) is 0 Å². The molecular formula is C26H38N4O3S. The predicted molar refractivity (Wildman–Crippen MR) is 132 cm³/mol. The van der Waals surface area contributed by atoms with Crippen molar-refractivity contribution in [3.05, 3.63) is 22.4 Å². The molecule has 3 amide bonds. The number of thiophene rings is 1. The first-order valence-electron chi connectivity index (χ1n) is 13.3. The smallest absolute Gasteiger partial charge is 0.317 e.